The number of anilines is 2. The van der Waals surface area contributed by atoms with Gasteiger partial charge in [0.05, 0.1) is 24.6 Å². The number of hydrogen-bond acceptors (Lipinski definition) is 5. The maximum atomic E-state index is 11.7. The Bertz CT molecular complexity index is 421. The van der Waals surface area contributed by atoms with Crippen LogP contribution in [0.15, 0.2) is 12.3 Å². The van der Waals surface area contributed by atoms with Crippen molar-refractivity contribution in [3.8, 4) is 0 Å². The highest BCUT2D eigenvalue weighted by Crippen LogP contribution is 2.24. The number of nitrogens with two attached hydrogens (primary N) is 1. The molecular formula is C13H21N3O2. The van der Waals surface area contributed by atoms with Crippen molar-refractivity contribution in [2.24, 2.45) is 0 Å². The molecule has 0 fully saturated rings. The van der Waals surface area contributed by atoms with Crippen LogP contribution in [0.1, 0.15) is 37.0 Å². The predicted octanol–water partition coefficient (Wildman–Crippen LogP) is 2.08. The monoisotopic (exact) mass is 251 g/mol. The van der Waals surface area contributed by atoms with Gasteiger partial charge in [-0.2, -0.15) is 0 Å². The summed E-state index contributed by atoms with van der Waals surface area (Å²) in [7, 11) is 3.30. The standard InChI is InChI=1S/C13H21N3O2/c1-5-6-9(2)16(3)11-8-15-12(14)7-10(11)13(17)18-4/h7-9H,5-6H2,1-4H3,(H2,14,15). The summed E-state index contributed by atoms with van der Waals surface area (Å²) in [4.78, 5) is 17.8. The molecule has 1 heterocycles. The third-order valence-corrected chi connectivity index (χ3v) is 3.06. The second-order valence-corrected chi connectivity index (χ2v) is 4.37. The fourth-order valence-corrected chi connectivity index (χ4v) is 1.87. The van der Waals surface area contributed by atoms with Crippen LogP contribution >= 0.6 is 0 Å². The van der Waals surface area contributed by atoms with Crippen LogP contribution in [0.3, 0.4) is 0 Å². The number of aromatic nitrogens is 1. The topological polar surface area (TPSA) is 68.5 Å². The van der Waals surface area contributed by atoms with E-state index < -0.39 is 5.97 Å². The summed E-state index contributed by atoms with van der Waals surface area (Å²) in [6.07, 6.45) is 3.75. The van der Waals surface area contributed by atoms with E-state index in [9.17, 15) is 4.79 Å². The third-order valence-electron chi connectivity index (χ3n) is 3.06. The number of nitrogens with zero attached hydrogens (tertiary/aromatic N) is 2. The normalized spacial score (nSPS) is 12.0. The second-order valence-electron chi connectivity index (χ2n) is 4.37. The fourth-order valence-electron chi connectivity index (χ4n) is 1.87. The Morgan fingerprint density at radius 1 is 1.61 bits per heavy atom. The van der Waals surface area contributed by atoms with Crippen molar-refractivity contribution in [2.45, 2.75) is 32.7 Å². The summed E-state index contributed by atoms with van der Waals surface area (Å²) >= 11 is 0. The number of pyridine rings is 1. The zero-order chi connectivity index (χ0) is 13.7. The Labute approximate surface area is 108 Å². The molecule has 1 unspecified atom stereocenters. The van der Waals surface area contributed by atoms with Gasteiger partial charge in [-0.15, -0.1) is 0 Å². The number of rotatable bonds is 5. The molecule has 1 aromatic rings. The highest BCUT2D eigenvalue weighted by Gasteiger charge is 2.19. The maximum absolute atomic E-state index is 11.7. The van der Waals surface area contributed by atoms with Gasteiger partial charge in [-0.1, -0.05) is 13.3 Å². The van der Waals surface area contributed by atoms with E-state index >= 15 is 0 Å². The van der Waals surface area contributed by atoms with E-state index in [2.05, 4.69) is 18.8 Å². The van der Waals surface area contributed by atoms with Gasteiger partial charge in [0.1, 0.15) is 5.82 Å². The molecule has 0 amide bonds. The van der Waals surface area contributed by atoms with Crippen molar-refractivity contribution >= 4 is 17.5 Å². The van der Waals surface area contributed by atoms with E-state index in [-0.39, 0.29) is 0 Å². The summed E-state index contributed by atoms with van der Waals surface area (Å²) in [6, 6.07) is 1.87. The minimum atomic E-state index is -0.394. The second kappa shape index (κ2) is 6.23. The average molecular weight is 251 g/mol. The van der Waals surface area contributed by atoms with Gasteiger partial charge in [0.2, 0.25) is 0 Å². The average Bonchev–Trinajstić information content (AvgIpc) is 2.37. The van der Waals surface area contributed by atoms with Crippen LogP contribution in [0.2, 0.25) is 0 Å². The lowest BCUT2D eigenvalue weighted by Gasteiger charge is -2.28. The van der Waals surface area contributed by atoms with Crippen LogP contribution < -0.4 is 10.6 Å². The molecule has 0 aliphatic carbocycles. The molecule has 0 aliphatic rings. The van der Waals surface area contributed by atoms with Gasteiger partial charge in [-0.05, 0) is 19.4 Å². The molecule has 100 valence electrons. The number of nitrogen functional groups attached to an aromatic ring is 1. The molecule has 5 nitrogen and oxygen atoms in total. The van der Waals surface area contributed by atoms with Crippen LogP contribution in [0.25, 0.3) is 0 Å². The zero-order valence-corrected chi connectivity index (χ0v) is 11.4. The van der Waals surface area contributed by atoms with Crippen LogP contribution in [-0.4, -0.2) is 31.2 Å². The Morgan fingerprint density at radius 3 is 2.83 bits per heavy atom. The first-order valence-corrected chi connectivity index (χ1v) is 6.07. The van der Waals surface area contributed by atoms with Gasteiger partial charge >= 0.3 is 5.97 Å². The molecule has 1 rings (SSSR count). The first-order valence-electron chi connectivity index (χ1n) is 6.07. The SMILES string of the molecule is CCCC(C)N(C)c1cnc(N)cc1C(=O)OC. The third kappa shape index (κ3) is 3.12. The van der Waals surface area contributed by atoms with Crippen LogP contribution in [0.4, 0.5) is 11.5 Å². The number of carbonyl (C=O) groups excluding carboxylic acids is 1. The lowest BCUT2D eigenvalue weighted by molar-refractivity contribution is 0.0601. The van der Waals surface area contributed by atoms with Gasteiger partial charge in [-0.25, -0.2) is 9.78 Å². The van der Waals surface area contributed by atoms with Gasteiger partial charge < -0.3 is 15.4 Å². The van der Waals surface area contributed by atoms with Gasteiger partial charge in [0, 0.05) is 13.1 Å². The molecule has 0 saturated heterocycles. The van der Waals surface area contributed by atoms with Crippen LogP contribution in [0.5, 0.6) is 0 Å². The first-order chi connectivity index (χ1) is 8.51. The molecule has 0 aliphatic heterocycles. The summed E-state index contributed by atoms with van der Waals surface area (Å²) in [5.41, 5.74) is 6.82. The summed E-state index contributed by atoms with van der Waals surface area (Å²) in [6.45, 7) is 4.24. The molecule has 0 aromatic carbocycles. The van der Waals surface area contributed by atoms with Gasteiger partial charge in [0.25, 0.3) is 0 Å². The van der Waals surface area contributed by atoms with Crippen molar-refractivity contribution in [1.82, 2.24) is 4.98 Å². The Morgan fingerprint density at radius 2 is 2.28 bits per heavy atom. The zero-order valence-electron chi connectivity index (χ0n) is 11.4. The van der Waals surface area contributed by atoms with E-state index in [1.165, 1.54) is 7.11 Å². The smallest absolute Gasteiger partial charge is 0.340 e. The van der Waals surface area contributed by atoms with Crippen molar-refractivity contribution < 1.29 is 9.53 Å². The summed E-state index contributed by atoms with van der Waals surface area (Å²) in [5.74, 6) is -0.0784. The van der Waals surface area contributed by atoms with Crippen LogP contribution in [0, 0.1) is 0 Å². The quantitative estimate of drug-likeness (QED) is 0.811. The highest BCUT2D eigenvalue weighted by molar-refractivity contribution is 5.96. The summed E-state index contributed by atoms with van der Waals surface area (Å²) < 4.78 is 4.77. The molecule has 0 radical (unpaired) electrons. The maximum Gasteiger partial charge on any atom is 0.340 e. The minimum Gasteiger partial charge on any atom is -0.465 e. The molecule has 0 saturated carbocycles. The Hall–Kier alpha value is -1.78. The van der Waals surface area contributed by atoms with Crippen LogP contribution in [-0.2, 0) is 4.74 Å². The van der Waals surface area contributed by atoms with Gasteiger partial charge in [0.15, 0.2) is 0 Å². The van der Waals surface area contributed by atoms with Gasteiger partial charge in [-0.3, -0.25) is 0 Å². The predicted molar refractivity (Wildman–Crippen MR) is 72.8 cm³/mol. The lowest BCUT2D eigenvalue weighted by Crippen LogP contribution is -2.30. The van der Waals surface area contributed by atoms with E-state index in [4.69, 9.17) is 10.5 Å². The number of esters is 1. The van der Waals surface area contributed by atoms with Crippen molar-refractivity contribution in [1.29, 1.82) is 0 Å². The molecule has 1 aromatic heterocycles. The molecule has 0 spiro atoms. The Balaban J connectivity index is 3.11. The number of ether oxygens (including phenoxy) is 1. The van der Waals surface area contributed by atoms with E-state index in [1.807, 2.05) is 11.9 Å². The first kappa shape index (κ1) is 14.3. The summed E-state index contributed by atoms with van der Waals surface area (Å²) in [5, 5.41) is 0. The molecule has 2 N–H and O–H groups in total. The fraction of sp³-hybridized carbons (Fsp3) is 0.538. The number of methoxy groups -OCH3 is 1. The lowest BCUT2D eigenvalue weighted by atomic mass is 10.1. The molecule has 18 heavy (non-hydrogen) atoms. The highest BCUT2D eigenvalue weighted by atomic mass is 16.5. The molecule has 1 atom stereocenters. The van der Waals surface area contributed by atoms with Crippen molar-refractivity contribution in [3.63, 3.8) is 0 Å². The molecule has 0 bridgehead atoms. The number of carbonyl (C=O) groups is 1. The minimum absolute atomic E-state index is 0.315. The number of hydrogen-bond donors (Lipinski definition) is 1. The Kier molecular flexibility index (Phi) is 4.95. The molecular weight excluding hydrogens is 230 g/mol. The van der Waals surface area contributed by atoms with E-state index in [1.54, 1.807) is 12.3 Å². The largest absolute Gasteiger partial charge is 0.465 e. The van der Waals surface area contributed by atoms with E-state index in [0.717, 1.165) is 18.5 Å². The van der Waals surface area contributed by atoms with Crippen molar-refractivity contribution in [3.05, 3.63) is 17.8 Å². The van der Waals surface area contributed by atoms with E-state index in [0.29, 0.717) is 17.4 Å². The van der Waals surface area contributed by atoms with Crippen molar-refractivity contribution in [2.75, 3.05) is 24.8 Å². The molecule has 5 heteroatoms.